The van der Waals surface area contributed by atoms with E-state index in [4.69, 9.17) is 28.4 Å². The molecule has 0 amide bonds. The van der Waals surface area contributed by atoms with Gasteiger partial charge >= 0.3 is 17.9 Å². The third-order valence-corrected chi connectivity index (χ3v) is 13.4. The van der Waals surface area contributed by atoms with Gasteiger partial charge in [0.25, 0.3) is 0 Å². The Kier molecular flexibility index (Phi) is 11.5. The molecule has 0 spiro atoms. The van der Waals surface area contributed by atoms with Gasteiger partial charge in [0.15, 0.2) is 76.5 Å². The van der Waals surface area contributed by atoms with Crippen molar-refractivity contribution in [2.45, 2.75) is 49.0 Å². The summed E-state index contributed by atoms with van der Waals surface area (Å²) >= 11 is 0. The molecule has 0 radical (unpaired) electrons. The number of benzene rings is 6. The second kappa shape index (κ2) is 17.6. The Bertz CT molecular complexity index is 3530. The lowest BCUT2D eigenvalue weighted by Gasteiger charge is -2.39. The fraction of sp³-hybridized carbons (Fsp3) is 0.204. The van der Waals surface area contributed by atoms with E-state index in [0.29, 0.717) is 18.2 Å². The van der Waals surface area contributed by atoms with Crippen LogP contribution in [-0.2, 0) is 25.4 Å². The van der Waals surface area contributed by atoms with E-state index >= 15 is 0 Å². The minimum atomic E-state index is -2.65. The molecule has 6 aromatic rings. The summed E-state index contributed by atoms with van der Waals surface area (Å²) in [6.45, 7) is -2.55. The number of carbonyl (C=O) groups is 3. The Morgan fingerprint density at radius 2 is 0.947 bits per heavy atom. The van der Waals surface area contributed by atoms with Gasteiger partial charge in [0, 0.05) is 40.3 Å². The molecule has 18 N–H and O–H groups in total. The number of aliphatic hydroxyl groups is 2. The smallest absolute Gasteiger partial charge is 0.339 e. The molecule has 396 valence electrons. The van der Waals surface area contributed by atoms with Gasteiger partial charge in [-0.1, -0.05) is 6.07 Å². The Hall–Kier alpha value is -9.99. The summed E-state index contributed by atoms with van der Waals surface area (Å²) in [5.41, 5.74) is -9.26. The molecule has 0 saturated heterocycles. The first-order valence-corrected chi connectivity index (χ1v) is 22.0. The van der Waals surface area contributed by atoms with Crippen molar-refractivity contribution < 1.29 is 135 Å². The maximum absolute atomic E-state index is 14.8. The van der Waals surface area contributed by atoms with E-state index in [9.17, 15) is 106 Å². The molecule has 4 aliphatic heterocycles. The Labute approximate surface area is 421 Å². The van der Waals surface area contributed by atoms with E-state index in [1.807, 2.05) is 0 Å². The van der Waals surface area contributed by atoms with Crippen LogP contribution in [-0.4, -0.2) is 154 Å². The Morgan fingerprint density at radius 3 is 1.51 bits per heavy atom. The molecule has 76 heavy (non-hydrogen) atoms. The number of rotatable bonds is 3. The van der Waals surface area contributed by atoms with Crippen molar-refractivity contribution in [2.75, 3.05) is 13.4 Å². The van der Waals surface area contributed by atoms with Crippen molar-refractivity contribution >= 4 is 17.9 Å². The largest absolute Gasteiger partial charge is 0.507 e. The van der Waals surface area contributed by atoms with Crippen LogP contribution in [0.25, 0.3) is 22.3 Å². The van der Waals surface area contributed by atoms with E-state index in [2.05, 4.69) is 0 Å². The van der Waals surface area contributed by atoms with Gasteiger partial charge in [-0.25, -0.2) is 14.4 Å². The number of cyclic esters (lactones) is 3. The molecule has 0 aliphatic carbocycles. The number of aromatic hydroxyl groups is 16. The summed E-state index contributed by atoms with van der Waals surface area (Å²) in [7, 11) is 0. The minimum Gasteiger partial charge on any atom is -0.507 e. The monoisotopic (exact) mass is 1060 g/mol. The topological polar surface area (TPSA) is 471 Å². The van der Waals surface area contributed by atoms with Crippen molar-refractivity contribution in [3.63, 3.8) is 0 Å². The number of esters is 3. The van der Waals surface area contributed by atoms with E-state index in [1.165, 1.54) is 6.07 Å². The summed E-state index contributed by atoms with van der Waals surface area (Å²) in [6, 6.07) is 5.65. The molecule has 10 rings (SSSR count). The Balaban J connectivity index is 1.24. The van der Waals surface area contributed by atoms with Gasteiger partial charge < -0.3 is 120 Å². The second-order valence-corrected chi connectivity index (χ2v) is 17.7. The number of fused-ring (bicyclic) bond motifs is 7. The lowest BCUT2D eigenvalue weighted by molar-refractivity contribution is -0.154. The first-order chi connectivity index (χ1) is 35.9. The van der Waals surface area contributed by atoms with Crippen LogP contribution in [0.15, 0.2) is 42.5 Å². The highest BCUT2D eigenvalue weighted by molar-refractivity contribution is 6.09. The third-order valence-electron chi connectivity index (χ3n) is 13.4. The SMILES string of the molecule is O=C1OCC(O)[C@H]([C@H]2OC(=O)c3cc(O)c(O)c(O)c3-c3c(O)c(O)c(O)c4c3OCOC2[C@H]4c2c(O)cc3c(c2O)CC(O)C(c2ccc(O)c(O)c2)O3)OC(=O)c2cc(O)c(O)c(O)c2-c2c1cc(O)c(O)c2O. The van der Waals surface area contributed by atoms with Crippen LogP contribution in [0.3, 0.4) is 0 Å². The average Bonchev–Trinajstić information content (AvgIpc) is 3.70. The molecule has 0 fully saturated rings. The van der Waals surface area contributed by atoms with Crippen LogP contribution in [0.2, 0.25) is 0 Å². The van der Waals surface area contributed by atoms with Crippen LogP contribution >= 0.6 is 0 Å². The molecule has 27 heteroatoms. The van der Waals surface area contributed by atoms with Crippen LogP contribution < -0.4 is 9.47 Å². The van der Waals surface area contributed by atoms with E-state index in [-0.39, 0.29) is 16.9 Å². The molecular weight excluding hydrogens is 1020 g/mol. The summed E-state index contributed by atoms with van der Waals surface area (Å²) in [5.74, 6) is -28.5. The highest BCUT2D eigenvalue weighted by Gasteiger charge is 2.53. The zero-order valence-electron chi connectivity index (χ0n) is 37.9. The van der Waals surface area contributed by atoms with Crippen molar-refractivity contribution in [3.05, 3.63) is 81.4 Å². The zero-order valence-corrected chi connectivity index (χ0v) is 37.9. The van der Waals surface area contributed by atoms with Gasteiger partial charge in [-0.3, -0.25) is 0 Å². The van der Waals surface area contributed by atoms with Crippen LogP contribution in [0.1, 0.15) is 65.3 Å². The van der Waals surface area contributed by atoms with Gasteiger partial charge in [0.1, 0.15) is 47.9 Å². The molecular formula is C49H38O27. The summed E-state index contributed by atoms with van der Waals surface area (Å²) in [4.78, 5) is 43.5. The number of ether oxygens (including phenoxy) is 6. The minimum absolute atomic E-state index is 0.0940. The van der Waals surface area contributed by atoms with Gasteiger partial charge in [-0.2, -0.15) is 0 Å². The number of aliphatic hydroxyl groups excluding tert-OH is 2. The van der Waals surface area contributed by atoms with Gasteiger partial charge in [-0.05, 0) is 35.9 Å². The fourth-order valence-electron chi connectivity index (χ4n) is 9.81. The molecule has 27 nitrogen and oxygen atoms in total. The number of hydrogen-bond acceptors (Lipinski definition) is 27. The van der Waals surface area contributed by atoms with Crippen LogP contribution in [0.5, 0.6) is 103 Å². The molecule has 0 aromatic heterocycles. The summed E-state index contributed by atoms with van der Waals surface area (Å²) in [5, 5.41) is 201. The second-order valence-electron chi connectivity index (χ2n) is 17.7. The number of hydrogen-bond donors (Lipinski definition) is 18. The summed E-state index contributed by atoms with van der Waals surface area (Å²) < 4.78 is 35.0. The first kappa shape index (κ1) is 49.6. The molecule has 0 saturated carbocycles. The van der Waals surface area contributed by atoms with Crippen molar-refractivity contribution in [1.82, 2.24) is 0 Å². The lowest BCUT2D eigenvalue weighted by Crippen LogP contribution is -2.53. The van der Waals surface area contributed by atoms with Crippen LogP contribution in [0, 0.1) is 0 Å². The van der Waals surface area contributed by atoms with Gasteiger partial charge in [-0.15, -0.1) is 0 Å². The van der Waals surface area contributed by atoms with E-state index < -0.39 is 228 Å². The maximum Gasteiger partial charge on any atom is 0.339 e. The predicted molar refractivity (Wildman–Crippen MR) is 243 cm³/mol. The van der Waals surface area contributed by atoms with Crippen molar-refractivity contribution in [2.24, 2.45) is 0 Å². The average molecular weight is 1060 g/mol. The molecule has 4 heterocycles. The van der Waals surface area contributed by atoms with Gasteiger partial charge in [0.05, 0.1) is 39.8 Å². The van der Waals surface area contributed by atoms with Gasteiger partial charge in [0.2, 0.25) is 23.0 Å². The zero-order chi connectivity index (χ0) is 54.8. The highest BCUT2D eigenvalue weighted by atomic mass is 16.7. The quantitative estimate of drug-likeness (QED) is 0.0687. The molecule has 4 unspecified atom stereocenters. The molecule has 4 aliphatic rings. The highest BCUT2D eigenvalue weighted by Crippen LogP contribution is 2.63. The van der Waals surface area contributed by atoms with Crippen molar-refractivity contribution in [3.8, 4) is 126 Å². The normalized spacial score (nSPS) is 21.9. The lowest BCUT2D eigenvalue weighted by atomic mass is 9.77. The fourth-order valence-corrected chi connectivity index (χ4v) is 9.81. The Morgan fingerprint density at radius 1 is 0.421 bits per heavy atom. The van der Waals surface area contributed by atoms with E-state index in [0.717, 1.165) is 18.2 Å². The van der Waals surface area contributed by atoms with E-state index in [1.54, 1.807) is 0 Å². The third kappa shape index (κ3) is 7.35. The number of phenols is 16. The maximum atomic E-state index is 14.8. The standard InChI is InChI=1S/C49H38O27/c50-16-2-1-11(3-17(16)51)42-22(56)4-12-24(74-42)8-18(52)28(32(12)58)29-31-40(66)41(67)39(65)30-27-15(7-21(55)35(61)38(27)64)49(70)76-46(45(29)73-10-72-44(30)31)43-23(57)9-71-47(68)13-5-19(53)33(59)36(62)25(13)26-14(48(69)75-43)6-20(54)34(60)37(26)63/h1-3,5-8,22-23,29,42-43,45-46,50-67H,4,9-10H2/t22?,23?,29-,42?,43+,45?,46+/m0/s1. The molecule has 6 aromatic carbocycles. The predicted octanol–water partition coefficient (Wildman–Crippen LogP) is 2.51. The molecule has 4 bridgehead atoms. The molecule has 7 atom stereocenters. The number of carbonyl (C=O) groups excluding carboxylic acids is 3. The van der Waals surface area contributed by atoms with Crippen molar-refractivity contribution in [1.29, 1.82) is 0 Å². The summed E-state index contributed by atoms with van der Waals surface area (Å²) in [6.07, 6.45) is -13.7. The van der Waals surface area contributed by atoms with Crippen LogP contribution in [0.4, 0.5) is 0 Å². The first-order valence-electron chi connectivity index (χ1n) is 22.0. The number of phenolic OH excluding ortho intramolecular Hbond substituents is 16.